The molecule has 0 bridgehead atoms. The van der Waals surface area contributed by atoms with Crippen LogP contribution in [0.4, 0.5) is 5.69 Å². The Balaban J connectivity index is 1.63. The topological polar surface area (TPSA) is 95.9 Å². The van der Waals surface area contributed by atoms with E-state index in [1.165, 1.54) is 4.90 Å². The highest BCUT2D eigenvalue weighted by Gasteiger charge is 2.28. The Labute approximate surface area is 156 Å². The highest BCUT2D eigenvalue weighted by atomic mass is 16.5. The van der Waals surface area contributed by atoms with Gasteiger partial charge in [0.15, 0.2) is 6.10 Å². The summed E-state index contributed by atoms with van der Waals surface area (Å²) in [7, 11) is 1.54. The monoisotopic (exact) mass is 368 g/mol. The van der Waals surface area contributed by atoms with Gasteiger partial charge in [0.1, 0.15) is 5.75 Å². The van der Waals surface area contributed by atoms with Crippen LogP contribution in [-0.2, 0) is 16.0 Å². The highest BCUT2D eigenvalue weighted by molar-refractivity contribution is 5.98. The van der Waals surface area contributed by atoms with Gasteiger partial charge < -0.3 is 20.1 Å². The largest absolute Gasteiger partial charge is 0.481 e. The maximum atomic E-state index is 12.5. The SMILES string of the molecule is CN(CCC(=O)O)C(=O)c1cccc(NC(=O)C2Cc3ccccc3O2)c1. The van der Waals surface area contributed by atoms with Crippen molar-refractivity contribution >= 4 is 23.5 Å². The molecule has 0 radical (unpaired) electrons. The Bertz CT molecular complexity index is 855. The van der Waals surface area contributed by atoms with E-state index in [0.717, 1.165) is 5.56 Å². The number of benzene rings is 2. The van der Waals surface area contributed by atoms with E-state index >= 15 is 0 Å². The third-order valence-electron chi connectivity index (χ3n) is 4.32. The first-order valence-corrected chi connectivity index (χ1v) is 8.57. The third kappa shape index (κ3) is 4.44. The van der Waals surface area contributed by atoms with Gasteiger partial charge in [-0.25, -0.2) is 0 Å². The number of carbonyl (C=O) groups is 3. The number of ether oxygens (including phenoxy) is 1. The lowest BCUT2D eigenvalue weighted by Crippen LogP contribution is -2.32. The molecule has 1 aliphatic rings. The minimum atomic E-state index is -0.965. The molecule has 0 aliphatic carbocycles. The first-order valence-electron chi connectivity index (χ1n) is 8.57. The summed E-state index contributed by atoms with van der Waals surface area (Å²) in [5, 5.41) is 11.5. The smallest absolute Gasteiger partial charge is 0.305 e. The van der Waals surface area contributed by atoms with Crippen LogP contribution in [0.25, 0.3) is 0 Å². The van der Waals surface area contributed by atoms with Crippen LogP contribution in [0.3, 0.4) is 0 Å². The van der Waals surface area contributed by atoms with Crippen molar-refractivity contribution in [2.45, 2.75) is 18.9 Å². The number of amides is 2. The summed E-state index contributed by atoms with van der Waals surface area (Å²) < 4.78 is 5.67. The average molecular weight is 368 g/mol. The zero-order valence-electron chi connectivity index (χ0n) is 14.8. The second-order valence-electron chi connectivity index (χ2n) is 6.36. The molecule has 0 aromatic heterocycles. The van der Waals surface area contributed by atoms with Crippen molar-refractivity contribution < 1.29 is 24.2 Å². The quantitative estimate of drug-likeness (QED) is 0.815. The predicted molar refractivity (Wildman–Crippen MR) is 98.8 cm³/mol. The maximum absolute atomic E-state index is 12.5. The van der Waals surface area contributed by atoms with Gasteiger partial charge in [0.2, 0.25) is 0 Å². The molecule has 0 saturated carbocycles. The summed E-state index contributed by atoms with van der Waals surface area (Å²) in [4.78, 5) is 36.9. The molecule has 140 valence electrons. The summed E-state index contributed by atoms with van der Waals surface area (Å²) >= 11 is 0. The minimum Gasteiger partial charge on any atom is -0.481 e. The standard InChI is InChI=1S/C20H20N2O5/c1-22(10-9-18(23)24)20(26)14-6-4-7-15(11-14)21-19(25)17-12-13-5-2-3-8-16(13)27-17/h2-8,11,17H,9-10,12H2,1H3,(H,21,25)(H,23,24). The molecule has 1 atom stereocenters. The van der Waals surface area contributed by atoms with Crippen molar-refractivity contribution in [1.29, 1.82) is 0 Å². The number of para-hydroxylation sites is 1. The van der Waals surface area contributed by atoms with Crippen molar-refractivity contribution in [3.8, 4) is 5.75 Å². The molecule has 2 aromatic carbocycles. The summed E-state index contributed by atoms with van der Waals surface area (Å²) in [6.45, 7) is 0.110. The molecule has 2 amide bonds. The van der Waals surface area contributed by atoms with Crippen LogP contribution in [0.5, 0.6) is 5.75 Å². The summed E-state index contributed by atoms with van der Waals surface area (Å²) in [6.07, 6.45) is -0.239. The average Bonchev–Trinajstić information content (AvgIpc) is 3.10. The number of nitrogens with one attached hydrogen (secondary N) is 1. The second-order valence-corrected chi connectivity index (χ2v) is 6.36. The highest BCUT2D eigenvalue weighted by Crippen LogP contribution is 2.28. The molecule has 1 heterocycles. The molecule has 0 spiro atoms. The predicted octanol–water partition coefficient (Wildman–Crippen LogP) is 2.18. The van der Waals surface area contributed by atoms with Crippen molar-refractivity contribution in [2.24, 2.45) is 0 Å². The molecule has 0 fully saturated rings. The van der Waals surface area contributed by atoms with Crippen LogP contribution < -0.4 is 10.1 Å². The maximum Gasteiger partial charge on any atom is 0.305 e. The zero-order valence-corrected chi connectivity index (χ0v) is 14.8. The van der Waals surface area contributed by atoms with Gasteiger partial charge in [0, 0.05) is 31.3 Å². The summed E-state index contributed by atoms with van der Waals surface area (Å²) in [6, 6.07) is 14.1. The van der Waals surface area contributed by atoms with Crippen LogP contribution in [0, 0.1) is 0 Å². The number of carboxylic acid groups (broad SMARTS) is 1. The number of nitrogens with zero attached hydrogens (tertiary/aromatic N) is 1. The fraction of sp³-hybridized carbons (Fsp3) is 0.250. The first-order chi connectivity index (χ1) is 12.9. The molecule has 27 heavy (non-hydrogen) atoms. The molecular formula is C20H20N2O5. The number of hydrogen-bond donors (Lipinski definition) is 2. The molecule has 7 heteroatoms. The lowest BCUT2D eigenvalue weighted by molar-refractivity contribution is -0.137. The van der Waals surface area contributed by atoms with Crippen LogP contribution in [0.2, 0.25) is 0 Å². The van der Waals surface area contributed by atoms with E-state index in [0.29, 0.717) is 23.4 Å². The number of rotatable bonds is 6. The second kappa shape index (κ2) is 7.90. The van der Waals surface area contributed by atoms with Gasteiger partial charge in [0.25, 0.3) is 11.8 Å². The van der Waals surface area contributed by atoms with Gasteiger partial charge in [-0.05, 0) is 29.8 Å². The van der Waals surface area contributed by atoms with E-state index in [9.17, 15) is 14.4 Å². The van der Waals surface area contributed by atoms with Gasteiger partial charge in [-0.1, -0.05) is 24.3 Å². The summed E-state index contributed by atoms with van der Waals surface area (Å²) in [5.41, 5.74) is 1.84. The number of aliphatic carboxylic acids is 1. The van der Waals surface area contributed by atoms with Gasteiger partial charge >= 0.3 is 5.97 Å². The number of hydrogen-bond acceptors (Lipinski definition) is 4. The summed E-state index contributed by atoms with van der Waals surface area (Å²) in [5.74, 6) is -0.846. The fourth-order valence-electron chi connectivity index (χ4n) is 2.87. The third-order valence-corrected chi connectivity index (χ3v) is 4.32. The minimum absolute atomic E-state index is 0.110. The molecule has 7 nitrogen and oxygen atoms in total. The lowest BCUT2D eigenvalue weighted by atomic mass is 10.1. The van der Waals surface area contributed by atoms with Crippen LogP contribution in [0.1, 0.15) is 22.3 Å². The van der Waals surface area contributed by atoms with Crippen molar-refractivity contribution in [3.63, 3.8) is 0 Å². The molecule has 1 aliphatic heterocycles. The lowest BCUT2D eigenvalue weighted by Gasteiger charge is -2.17. The normalized spacial score (nSPS) is 14.8. The Morgan fingerprint density at radius 1 is 1.19 bits per heavy atom. The van der Waals surface area contributed by atoms with E-state index in [1.807, 2.05) is 24.3 Å². The number of fused-ring (bicyclic) bond motifs is 1. The molecular weight excluding hydrogens is 348 g/mol. The van der Waals surface area contributed by atoms with Crippen molar-refractivity contribution in [3.05, 3.63) is 59.7 Å². The Hall–Kier alpha value is -3.35. The van der Waals surface area contributed by atoms with E-state index in [4.69, 9.17) is 9.84 Å². The van der Waals surface area contributed by atoms with Crippen molar-refractivity contribution in [1.82, 2.24) is 4.90 Å². The molecule has 0 saturated heterocycles. The molecule has 3 rings (SSSR count). The number of anilines is 1. The van der Waals surface area contributed by atoms with E-state index < -0.39 is 12.1 Å². The fourth-order valence-corrected chi connectivity index (χ4v) is 2.87. The van der Waals surface area contributed by atoms with Crippen LogP contribution in [0.15, 0.2) is 48.5 Å². The van der Waals surface area contributed by atoms with E-state index in [2.05, 4.69) is 5.32 Å². The van der Waals surface area contributed by atoms with Crippen LogP contribution >= 0.6 is 0 Å². The Morgan fingerprint density at radius 3 is 2.70 bits per heavy atom. The number of carbonyl (C=O) groups excluding carboxylic acids is 2. The van der Waals surface area contributed by atoms with E-state index in [1.54, 1.807) is 31.3 Å². The Kier molecular flexibility index (Phi) is 5.40. The molecule has 2 N–H and O–H groups in total. The van der Waals surface area contributed by atoms with Crippen molar-refractivity contribution in [2.75, 3.05) is 18.9 Å². The van der Waals surface area contributed by atoms with Gasteiger partial charge in [0.05, 0.1) is 6.42 Å². The number of carboxylic acids is 1. The Morgan fingerprint density at radius 2 is 1.96 bits per heavy atom. The zero-order chi connectivity index (χ0) is 19.4. The molecule has 2 aromatic rings. The van der Waals surface area contributed by atoms with Crippen LogP contribution in [-0.4, -0.2) is 47.5 Å². The van der Waals surface area contributed by atoms with Gasteiger partial charge in [-0.15, -0.1) is 0 Å². The van der Waals surface area contributed by atoms with E-state index in [-0.39, 0.29) is 24.8 Å². The first kappa shape index (κ1) is 18.4. The van der Waals surface area contributed by atoms with Gasteiger partial charge in [-0.2, -0.15) is 0 Å². The van der Waals surface area contributed by atoms with Gasteiger partial charge in [-0.3, -0.25) is 14.4 Å². The molecule has 1 unspecified atom stereocenters.